The standard InChI is InChI=1S/C10H12BrFN2O/c11-7-5-9(10(12)14-6-7)15-8-1-3-13-4-2-8/h5-6,8,13H,1-4H2. The van der Waals surface area contributed by atoms with Crippen molar-refractivity contribution in [2.45, 2.75) is 18.9 Å². The van der Waals surface area contributed by atoms with Crippen molar-refractivity contribution in [1.29, 1.82) is 0 Å². The predicted molar refractivity (Wildman–Crippen MR) is 58.4 cm³/mol. The molecule has 1 aromatic heterocycles. The summed E-state index contributed by atoms with van der Waals surface area (Å²) < 4.78 is 19.5. The lowest BCUT2D eigenvalue weighted by atomic mass is 10.1. The lowest BCUT2D eigenvalue weighted by Crippen LogP contribution is -2.34. The molecule has 0 amide bonds. The smallest absolute Gasteiger partial charge is 0.255 e. The van der Waals surface area contributed by atoms with Crippen LogP contribution in [-0.2, 0) is 0 Å². The van der Waals surface area contributed by atoms with Gasteiger partial charge in [0.2, 0.25) is 0 Å². The van der Waals surface area contributed by atoms with Gasteiger partial charge in [-0.3, -0.25) is 0 Å². The summed E-state index contributed by atoms with van der Waals surface area (Å²) in [5, 5.41) is 3.23. The first-order valence-corrected chi connectivity index (χ1v) is 5.73. The normalized spacial score (nSPS) is 17.7. The molecule has 82 valence electrons. The Balaban J connectivity index is 2.05. The molecule has 1 aromatic rings. The van der Waals surface area contributed by atoms with Crippen molar-refractivity contribution in [2.75, 3.05) is 13.1 Å². The minimum absolute atomic E-state index is 0.0943. The third-order valence-electron chi connectivity index (χ3n) is 2.35. The summed E-state index contributed by atoms with van der Waals surface area (Å²) in [5.74, 6) is -0.312. The molecule has 15 heavy (non-hydrogen) atoms. The van der Waals surface area contributed by atoms with Gasteiger partial charge in [0.25, 0.3) is 5.95 Å². The zero-order chi connectivity index (χ0) is 10.7. The third-order valence-corrected chi connectivity index (χ3v) is 2.79. The molecule has 5 heteroatoms. The van der Waals surface area contributed by atoms with E-state index in [9.17, 15) is 4.39 Å². The van der Waals surface area contributed by atoms with Crippen LogP contribution in [0.15, 0.2) is 16.7 Å². The summed E-state index contributed by atoms with van der Waals surface area (Å²) >= 11 is 3.24. The van der Waals surface area contributed by atoms with Crippen LogP contribution < -0.4 is 10.1 Å². The largest absolute Gasteiger partial charge is 0.485 e. The van der Waals surface area contributed by atoms with E-state index in [0.717, 1.165) is 30.4 Å². The Morgan fingerprint density at radius 2 is 2.20 bits per heavy atom. The molecule has 0 unspecified atom stereocenters. The molecule has 1 aliphatic rings. The molecule has 0 saturated carbocycles. The maximum atomic E-state index is 13.3. The fraction of sp³-hybridized carbons (Fsp3) is 0.500. The van der Waals surface area contributed by atoms with Crippen molar-refractivity contribution in [3.8, 4) is 5.75 Å². The predicted octanol–water partition coefficient (Wildman–Crippen LogP) is 2.11. The summed E-state index contributed by atoms with van der Waals surface area (Å²) in [6.07, 6.45) is 3.33. The minimum atomic E-state index is -0.545. The van der Waals surface area contributed by atoms with Gasteiger partial charge in [-0.2, -0.15) is 4.39 Å². The molecular formula is C10H12BrFN2O. The Morgan fingerprint density at radius 1 is 1.47 bits per heavy atom. The molecule has 0 spiro atoms. The number of rotatable bonds is 2. The molecule has 2 heterocycles. The van der Waals surface area contributed by atoms with E-state index in [1.54, 1.807) is 6.07 Å². The maximum absolute atomic E-state index is 13.3. The molecule has 0 aromatic carbocycles. The second-order valence-electron chi connectivity index (χ2n) is 3.51. The Morgan fingerprint density at radius 3 is 2.93 bits per heavy atom. The van der Waals surface area contributed by atoms with Gasteiger partial charge in [0.1, 0.15) is 6.10 Å². The van der Waals surface area contributed by atoms with Gasteiger partial charge in [-0.1, -0.05) is 0 Å². The van der Waals surface area contributed by atoms with Crippen LogP contribution in [0.1, 0.15) is 12.8 Å². The quantitative estimate of drug-likeness (QED) is 0.839. The van der Waals surface area contributed by atoms with Gasteiger partial charge >= 0.3 is 0 Å². The molecule has 0 bridgehead atoms. The first-order valence-electron chi connectivity index (χ1n) is 4.94. The second-order valence-corrected chi connectivity index (χ2v) is 4.43. The number of hydrogen-bond acceptors (Lipinski definition) is 3. The number of nitrogens with zero attached hydrogens (tertiary/aromatic N) is 1. The number of pyridine rings is 1. The van der Waals surface area contributed by atoms with E-state index in [1.807, 2.05) is 0 Å². The summed E-state index contributed by atoms with van der Waals surface area (Å²) in [7, 11) is 0. The molecule has 0 radical (unpaired) electrons. The van der Waals surface area contributed by atoms with Crippen LogP contribution in [0.2, 0.25) is 0 Å². The number of aromatic nitrogens is 1. The first-order chi connectivity index (χ1) is 7.25. The van der Waals surface area contributed by atoms with Crippen LogP contribution in [0.5, 0.6) is 5.75 Å². The van der Waals surface area contributed by atoms with Crippen molar-refractivity contribution in [3.63, 3.8) is 0 Å². The number of nitrogens with one attached hydrogen (secondary N) is 1. The van der Waals surface area contributed by atoms with Crippen molar-refractivity contribution >= 4 is 15.9 Å². The molecule has 2 rings (SSSR count). The second kappa shape index (κ2) is 4.90. The lowest BCUT2D eigenvalue weighted by molar-refractivity contribution is 0.154. The summed E-state index contributed by atoms with van der Waals surface area (Å²) in [5.41, 5.74) is 0. The highest BCUT2D eigenvalue weighted by Gasteiger charge is 2.16. The van der Waals surface area contributed by atoms with Gasteiger partial charge in [-0.25, -0.2) is 4.98 Å². The van der Waals surface area contributed by atoms with E-state index in [0.29, 0.717) is 0 Å². The van der Waals surface area contributed by atoms with E-state index in [4.69, 9.17) is 4.74 Å². The highest BCUT2D eigenvalue weighted by Crippen LogP contribution is 2.22. The van der Waals surface area contributed by atoms with E-state index >= 15 is 0 Å². The molecule has 0 aliphatic carbocycles. The Kier molecular flexibility index (Phi) is 3.53. The van der Waals surface area contributed by atoms with Crippen molar-refractivity contribution in [3.05, 3.63) is 22.7 Å². The zero-order valence-electron chi connectivity index (χ0n) is 8.17. The van der Waals surface area contributed by atoms with Crippen LogP contribution in [0, 0.1) is 5.95 Å². The average Bonchev–Trinajstić information content (AvgIpc) is 2.25. The average molecular weight is 275 g/mol. The van der Waals surface area contributed by atoms with Gasteiger partial charge in [0.15, 0.2) is 5.75 Å². The van der Waals surface area contributed by atoms with Crippen LogP contribution >= 0.6 is 15.9 Å². The topological polar surface area (TPSA) is 34.1 Å². The van der Waals surface area contributed by atoms with Crippen LogP contribution in [0.25, 0.3) is 0 Å². The van der Waals surface area contributed by atoms with Gasteiger partial charge in [0, 0.05) is 16.7 Å². The first kappa shape index (κ1) is 10.8. The number of ether oxygens (including phenoxy) is 1. The van der Waals surface area contributed by atoms with Gasteiger partial charge < -0.3 is 10.1 Å². The Labute approximate surface area is 96.2 Å². The number of halogens is 2. The molecule has 1 saturated heterocycles. The molecule has 3 nitrogen and oxygen atoms in total. The number of hydrogen-bond donors (Lipinski definition) is 1. The highest BCUT2D eigenvalue weighted by atomic mass is 79.9. The zero-order valence-corrected chi connectivity index (χ0v) is 9.76. The lowest BCUT2D eigenvalue weighted by Gasteiger charge is -2.23. The van der Waals surface area contributed by atoms with Crippen LogP contribution in [0.4, 0.5) is 4.39 Å². The Bertz CT molecular complexity index is 342. The fourth-order valence-electron chi connectivity index (χ4n) is 1.58. The third kappa shape index (κ3) is 2.89. The monoisotopic (exact) mass is 274 g/mol. The molecule has 1 N–H and O–H groups in total. The van der Waals surface area contributed by atoms with Gasteiger partial charge in [-0.05, 0) is 41.9 Å². The highest BCUT2D eigenvalue weighted by molar-refractivity contribution is 9.10. The summed E-state index contributed by atoms with van der Waals surface area (Å²) in [6.45, 7) is 1.85. The van der Waals surface area contributed by atoms with Gasteiger partial charge in [-0.15, -0.1) is 0 Å². The van der Waals surface area contributed by atoms with Crippen molar-refractivity contribution < 1.29 is 9.13 Å². The van der Waals surface area contributed by atoms with Crippen LogP contribution in [-0.4, -0.2) is 24.2 Å². The fourth-order valence-corrected chi connectivity index (χ4v) is 1.89. The van der Waals surface area contributed by atoms with Gasteiger partial charge in [0.05, 0.1) is 0 Å². The van der Waals surface area contributed by atoms with E-state index in [-0.39, 0.29) is 11.9 Å². The summed E-state index contributed by atoms with van der Waals surface area (Å²) in [6, 6.07) is 1.62. The van der Waals surface area contributed by atoms with E-state index < -0.39 is 5.95 Å². The van der Waals surface area contributed by atoms with Crippen molar-refractivity contribution in [1.82, 2.24) is 10.3 Å². The molecule has 1 aliphatic heterocycles. The SMILES string of the molecule is Fc1ncc(Br)cc1OC1CCNCC1. The molecular weight excluding hydrogens is 263 g/mol. The van der Waals surface area contributed by atoms with E-state index in [2.05, 4.69) is 26.2 Å². The molecule has 0 atom stereocenters. The van der Waals surface area contributed by atoms with E-state index in [1.165, 1.54) is 6.20 Å². The molecule has 1 fully saturated rings. The van der Waals surface area contributed by atoms with Crippen molar-refractivity contribution in [2.24, 2.45) is 0 Å². The number of piperidine rings is 1. The maximum Gasteiger partial charge on any atom is 0.255 e. The Hall–Kier alpha value is -0.680. The van der Waals surface area contributed by atoms with Crippen LogP contribution in [0.3, 0.4) is 0 Å². The minimum Gasteiger partial charge on any atom is -0.485 e. The summed E-state index contributed by atoms with van der Waals surface area (Å²) in [4.78, 5) is 3.59.